The van der Waals surface area contributed by atoms with Gasteiger partial charge in [-0.2, -0.15) is 0 Å². The van der Waals surface area contributed by atoms with Crippen LogP contribution in [0.1, 0.15) is 25.5 Å². The lowest BCUT2D eigenvalue weighted by Gasteiger charge is -2.24. The Hall–Kier alpha value is -3.50. The summed E-state index contributed by atoms with van der Waals surface area (Å²) in [6.07, 6.45) is 0. The van der Waals surface area contributed by atoms with Crippen molar-refractivity contribution in [3.63, 3.8) is 0 Å². The van der Waals surface area contributed by atoms with E-state index < -0.39 is 28.3 Å². The number of amides is 1. The number of aromatic nitrogens is 1. The first-order valence-electron chi connectivity index (χ1n) is 10.9. The molecule has 1 N–H and O–H groups in total. The molecular formula is C25H24FN3O4S2. The fourth-order valence-electron chi connectivity index (χ4n) is 3.69. The van der Waals surface area contributed by atoms with Crippen LogP contribution in [0, 0.1) is 12.7 Å². The molecule has 0 aliphatic carbocycles. The highest BCUT2D eigenvalue weighted by Crippen LogP contribution is 2.26. The van der Waals surface area contributed by atoms with Gasteiger partial charge < -0.3 is 5.32 Å². The van der Waals surface area contributed by atoms with Crippen LogP contribution in [0.25, 0.3) is 10.2 Å². The standard InChI is InChI=1S/C25H24FN3O4S2/c1-16(2)29-22-13-8-19(14-23(22)34-25(29)31)27-24(30)15-28(20-9-6-18(26)7-10-20)35(32,33)21-11-4-17(3)5-12-21/h4-14,16H,15H2,1-3H3,(H,27,30). The molecule has 1 amide bonds. The van der Waals surface area contributed by atoms with E-state index in [1.165, 1.54) is 24.3 Å². The number of carbonyl (C=O) groups excluding carboxylic acids is 1. The van der Waals surface area contributed by atoms with Crippen LogP contribution in [0.3, 0.4) is 0 Å². The van der Waals surface area contributed by atoms with Crippen molar-refractivity contribution in [2.75, 3.05) is 16.2 Å². The van der Waals surface area contributed by atoms with Crippen LogP contribution >= 0.6 is 11.3 Å². The van der Waals surface area contributed by atoms with Gasteiger partial charge in [-0.15, -0.1) is 0 Å². The van der Waals surface area contributed by atoms with Gasteiger partial charge in [0, 0.05) is 11.7 Å². The van der Waals surface area contributed by atoms with E-state index in [9.17, 15) is 22.4 Å². The minimum absolute atomic E-state index is 0.00654. The van der Waals surface area contributed by atoms with Crippen LogP contribution in [0.5, 0.6) is 0 Å². The largest absolute Gasteiger partial charge is 0.324 e. The molecule has 10 heteroatoms. The molecule has 0 atom stereocenters. The van der Waals surface area contributed by atoms with Crippen molar-refractivity contribution in [3.05, 3.63) is 87.8 Å². The van der Waals surface area contributed by atoms with E-state index in [1.807, 2.05) is 20.8 Å². The topological polar surface area (TPSA) is 88.5 Å². The Kier molecular flexibility index (Phi) is 6.77. The number of nitrogens with one attached hydrogen (secondary N) is 1. The maximum absolute atomic E-state index is 13.5. The summed E-state index contributed by atoms with van der Waals surface area (Å²) in [7, 11) is -4.11. The quantitative estimate of drug-likeness (QED) is 0.380. The minimum Gasteiger partial charge on any atom is -0.324 e. The molecule has 0 radical (unpaired) electrons. The van der Waals surface area contributed by atoms with Gasteiger partial charge in [-0.25, -0.2) is 12.8 Å². The van der Waals surface area contributed by atoms with E-state index in [1.54, 1.807) is 34.9 Å². The molecule has 182 valence electrons. The molecule has 3 aromatic carbocycles. The zero-order chi connectivity index (χ0) is 25.3. The number of halogens is 1. The molecule has 0 unspecified atom stereocenters. The molecule has 0 fully saturated rings. The zero-order valence-electron chi connectivity index (χ0n) is 19.4. The maximum Gasteiger partial charge on any atom is 0.308 e. The molecule has 1 aromatic heterocycles. The lowest BCUT2D eigenvalue weighted by molar-refractivity contribution is -0.114. The number of carbonyl (C=O) groups is 1. The lowest BCUT2D eigenvalue weighted by Crippen LogP contribution is -2.38. The molecule has 0 spiro atoms. The van der Waals surface area contributed by atoms with Gasteiger partial charge in [0.05, 0.1) is 20.8 Å². The first kappa shape index (κ1) is 24.6. The van der Waals surface area contributed by atoms with Crippen molar-refractivity contribution in [3.8, 4) is 0 Å². The number of fused-ring (bicyclic) bond motifs is 1. The monoisotopic (exact) mass is 513 g/mol. The number of rotatable bonds is 7. The summed E-state index contributed by atoms with van der Waals surface area (Å²) in [5.41, 5.74) is 2.25. The second-order valence-electron chi connectivity index (χ2n) is 8.36. The van der Waals surface area contributed by atoms with E-state index in [-0.39, 0.29) is 21.5 Å². The van der Waals surface area contributed by atoms with Crippen molar-refractivity contribution >= 4 is 48.9 Å². The van der Waals surface area contributed by atoms with Crippen LogP contribution < -0.4 is 14.5 Å². The summed E-state index contributed by atoms with van der Waals surface area (Å²) in [6.45, 7) is 5.15. The van der Waals surface area contributed by atoms with Gasteiger partial charge in [0.1, 0.15) is 12.4 Å². The van der Waals surface area contributed by atoms with E-state index in [0.29, 0.717) is 10.4 Å². The fourth-order valence-corrected chi connectivity index (χ4v) is 6.17. The average Bonchev–Trinajstić information content (AvgIpc) is 3.13. The Morgan fingerprint density at radius 3 is 2.34 bits per heavy atom. The number of thiazole rings is 1. The molecule has 0 saturated carbocycles. The lowest BCUT2D eigenvalue weighted by atomic mass is 10.2. The fraction of sp³-hybridized carbons (Fsp3) is 0.200. The van der Waals surface area contributed by atoms with E-state index in [0.717, 1.165) is 38.9 Å². The number of aryl methyl sites for hydroxylation is 1. The normalized spacial score (nSPS) is 11.7. The Morgan fingerprint density at radius 2 is 1.71 bits per heavy atom. The van der Waals surface area contributed by atoms with Gasteiger partial charge in [-0.3, -0.25) is 18.5 Å². The summed E-state index contributed by atoms with van der Waals surface area (Å²) in [4.78, 5) is 25.2. The second-order valence-corrected chi connectivity index (χ2v) is 11.2. The average molecular weight is 514 g/mol. The van der Waals surface area contributed by atoms with Gasteiger partial charge in [-0.1, -0.05) is 29.0 Å². The third-order valence-corrected chi connectivity index (χ3v) is 8.13. The number of hydrogen-bond donors (Lipinski definition) is 1. The van der Waals surface area contributed by atoms with Crippen LogP contribution in [0.2, 0.25) is 0 Å². The van der Waals surface area contributed by atoms with Crippen molar-refractivity contribution in [1.82, 2.24) is 4.57 Å². The molecule has 1 heterocycles. The maximum atomic E-state index is 13.5. The number of hydrogen-bond acceptors (Lipinski definition) is 5. The predicted octanol–water partition coefficient (Wildman–Crippen LogP) is 4.93. The van der Waals surface area contributed by atoms with E-state index in [2.05, 4.69) is 5.32 Å². The summed E-state index contributed by atoms with van der Waals surface area (Å²) < 4.78 is 43.7. The molecular weight excluding hydrogens is 489 g/mol. The van der Waals surface area contributed by atoms with Crippen molar-refractivity contribution in [1.29, 1.82) is 0 Å². The SMILES string of the molecule is Cc1ccc(S(=O)(=O)N(CC(=O)Nc2ccc3c(c2)sc(=O)n3C(C)C)c2ccc(F)cc2)cc1. The zero-order valence-corrected chi connectivity index (χ0v) is 21.0. The molecule has 4 aromatic rings. The third kappa shape index (κ3) is 5.13. The summed E-state index contributed by atoms with van der Waals surface area (Å²) in [5, 5.41) is 2.71. The van der Waals surface area contributed by atoms with Gasteiger partial charge in [-0.05, 0) is 75.4 Å². The van der Waals surface area contributed by atoms with Gasteiger partial charge in [0.25, 0.3) is 10.0 Å². The number of anilines is 2. The van der Waals surface area contributed by atoms with Crippen molar-refractivity contribution < 1.29 is 17.6 Å². The van der Waals surface area contributed by atoms with Crippen LogP contribution in [0.4, 0.5) is 15.8 Å². The highest BCUT2D eigenvalue weighted by molar-refractivity contribution is 7.92. The number of sulfonamides is 1. The molecule has 7 nitrogen and oxygen atoms in total. The highest BCUT2D eigenvalue weighted by atomic mass is 32.2. The van der Waals surface area contributed by atoms with Crippen LogP contribution in [-0.2, 0) is 14.8 Å². The first-order chi connectivity index (χ1) is 16.6. The van der Waals surface area contributed by atoms with Gasteiger partial charge >= 0.3 is 4.87 Å². The number of nitrogens with zero attached hydrogens (tertiary/aromatic N) is 2. The Labute approximate surface area is 206 Å². The molecule has 0 saturated heterocycles. The third-order valence-electron chi connectivity index (χ3n) is 5.42. The summed E-state index contributed by atoms with van der Waals surface area (Å²) in [5.74, 6) is -1.11. The van der Waals surface area contributed by atoms with Gasteiger partial charge in [0.2, 0.25) is 5.91 Å². The smallest absolute Gasteiger partial charge is 0.308 e. The van der Waals surface area contributed by atoms with E-state index >= 15 is 0 Å². The van der Waals surface area contributed by atoms with E-state index in [4.69, 9.17) is 0 Å². The van der Waals surface area contributed by atoms with Crippen molar-refractivity contribution in [2.24, 2.45) is 0 Å². The molecule has 4 rings (SSSR count). The molecule has 0 aliphatic heterocycles. The summed E-state index contributed by atoms with van der Waals surface area (Å²) >= 11 is 1.08. The Balaban J connectivity index is 1.64. The van der Waals surface area contributed by atoms with Crippen LogP contribution in [0.15, 0.2) is 76.4 Å². The molecule has 0 aliphatic rings. The first-order valence-corrected chi connectivity index (χ1v) is 13.1. The van der Waals surface area contributed by atoms with Crippen LogP contribution in [-0.4, -0.2) is 25.4 Å². The minimum atomic E-state index is -4.11. The predicted molar refractivity (Wildman–Crippen MR) is 137 cm³/mol. The highest BCUT2D eigenvalue weighted by Gasteiger charge is 2.27. The van der Waals surface area contributed by atoms with Crippen molar-refractivity contribution in [2.45, 2.75) is 31.7 Å². The second kappa shape index (κ2) is 9.63. The molecule has 35 heavy (non-hydrogen) atoms. The summed E-state index contributed by atoms with van der Waals surface area (Å²) in [6, 6.07) is 16.3. The Bertz CT molecular complexity index is 1540. The number of benzene rings is 3. The van der Waals surface area contributed by atoms with Gasteiger partial charge in [0.15, 0.2) is 0 Å². The Morgan fingerprint density at radius 1 is 1.06 bits per heavy atom. The molecule has 0 bridgehead atoms.